The van der Waals surface area contributed by atoms with Crippen LogP contribution in [0.2, 0.25) is 18.1 Å². The predicted octanol–water partition coefficient (Wildman–Crippen LogP) is 5.64. The number of hydrogen-bond donors (Lipinski definition) is 0. The van der Waals surface area contributed by atoms with Crippen LogP contribution < -0.4 is 0 Å². The minimum atomic E-state index is -1.80. The summed E-state index contributed by atoms with van der Waals surface area (Å²) in [5, 5.41) is 13.3. The minimum Gasteiger partial charge on any atom is -0.417 e. The van der Waals surface area contributed by atoms with Gasteiger partial charge in [0.05, 0.1) is 5.69 Å². The first-order valence-corrected chi connectivity index (χ1v) is 14.3. The molecule has 2 aromatic carbocycles. The average Bonchev–Trinajstić information content (AvgIpc) is 3.19. The van der Waals surface area contributed by atoms with Gasteiger partial charge in [-0.25, -0.2) is 0 Å². The van der Waals surface area contributed by atoms with E-state index in [1.165, 1.54) is 5.56 Å². The summed E-state index contributed by atoms with van der Waals surface area (Å²) >= 11 is 1.70. The molecule has 0 saturated carbocycles. The molecule has 1 aromatic heterocycles. The third-order valence-corrected chi connectivity index (χ3v) is 11.4. The van der Waals surface area contributed by atoms with E-state index in [4.69, 9.17) is 4.43 Å². The van der Waals surface area contributed by atoms with E-state index in [-0.39, 0.29) is 5.04 Å². The summed E-state index contributed by atoms with van der Waals surface area (Å²) in [6, 6.07) is 20.7. The van der Waals surface area contributed by atoms with Crippen LogP contribution in [0, 0.1) is 5.92 Å². The molecule has 0 aliphatic carbocycles. The van der Waals surface area contributed by atoms with E-state index in [0.717, 1.165) is 29.6 Å². The molecule has 160 valence electrons. The van der Waals surface area contributed by atoms with Crippen LogP contribution in [-0.2, 0) is 10.8 Å². The van der Waals surface area contributed by atoms with Gasteiger partial charge >= 0.3 is 0 Å². The van der Waals surface area contributed by atoms with Crippen molar-refractivity contribution in [1.29, 1.82) is 0 Å². The fraction of sp³-hybridized carbons (Fsp3) is 0.435. The van der Waals surface area contributed by atoms with Crippen LogP contribution in [0.4, 0.5) is 0 Å². The van der Waals surface area contributed by atoms with Gasteiger partial charge in [-0.15, -0.1) is 5.10 Å². The highest BCUT2D eigenvalue weighted by Crippen LogP contribution is 2.37. The van der Waals surface area contributed by atoms with Crippen molar-refractivity contribution in [2.75, 3.05) is 12.4 Å². The summed E-state index contributed by atoms with van der Waals surface area (Å²) in [7, 11) is -1.80. The Kier molecular flexibility index (Phi) is 7.49. The zero-order chi connectivity index (χ0) is 21.6. The van der Waals surface area contributed by atoms with Gasteiger partial charge in [0, 0.05) is 12.4 Å². The highest BCUT2D eigenvalue weighted by Gasteiger charge is 2.37. The normalized spacial score (nSPS) is 13.4. The molecule has 0 aliphatic heterocycles. The van der Waals surface area contributed by atoms with Crippen molar-refractivity contribution in [3.63, 3.8) is 0 Å². The Hall–Kier alpha value is -1.96. The van der Waals surface area contributed by atoms with Crippen LogP contribution in [-0.4, -0.2) is 40.9 Å². The highest BCUT2D eigenvalue weighted by atomic mass is 32.2. The molecule has 3 rings (SSSR count). The smallest absolute Gasteiger partial charge is 0.214 e. The first kappa shape index (κ1) is 22.7. The lowest BCUT2D eigenvalue weighted by atomic mass is 10.0. The van der Waals surface area contributed by atoms with Crippen LogP contribution in [0.1, 0.15) is 26.3 Å². The Morgan fingerprint density at radius 3 is 2.27 bits per heavy atom. The maximum atomic E-state index is 6.58. The number of rotatable bonds is 9. The van der Waals surface area contributed by atoms with Gasteiger partial charge in [-0.2, -0.15) is 4.68 Å². The number of nitrogens with zero attached hydrogens (tertiary/aromatic N) is 4. The van der Waals surface area contributed by atoms with Crippen LogP contribution in [0.3, 0.4) is 0 Å². The summed E-state index contributed by atoms with van der Waals surface area (Å²) < 4.78 is 8.38. The molecule has 30 heavy (non-hydrogen) atoms. The van der Waals surface area contributed by atoms with E-state index < -0.39 is 8.32 Å². The lowest BCUT2D eigenvalue weighted by molar-refractivity contribution is 0.239. The molecule has 5 nitrogen and oxygen atoms in total. The number of benzene rings is 2. The van der Waals surface area contributed by atoms with E-state index >= 15 is 0 Å². The Bertz CT molecular complexity index is 910. The van der Waals surface area contributed by atoms with E-state index in [2.05, 4.69) is 79.7 Å². The second-order valence-electron chi connectivity index (χ2n) is 9.15. The van der Waals surface area contributed by atoms with Crippen molar-refractivity contribution in [2.24, 2.45) is 5.92 Å². The van der Waals surface area contributed by atoms with E-state index in [1.54, 1.807) is 16.4 Å². The molecule has 0 aliphatic rings. The number of para-hydroxylation sites is 1. The summed E-state index contributed by atoms with van der Waals surface area (Å²) in [6.45, 7) is 12.2. The Morgan fingerprint density at radius 1 is 1.00 bits per heavy atom. The molecule has 0 amide bonds. The van der Waals surface area contributed by atoms with Crippen molar-refractivity contribution < 1.29 is 4.43 Å². The minimum absolute atomic E-state index is 0.203. The first-order valence-electron chi connectivity index (χ1n) is 10.4. The fourth-order valence-electron chi connectivity index (χ4n) is 2.85. The SMILES string of the molecule is CC(C)(C)[Si](C)(C)OC[C@H](CSc1nnnn1-c1ccccc1)Cc1ccccc1. The van der Waals surface area contributed by atoms with Gasteiger partial charge in [0.15, 0.2) is 8.32 Å². The number of hydrogen-bond acceptors (Lipinski definition) is 5. The van der Waals surface area contributed by atoms with Crippen LogP contribution in [0.5, 0.6) is 0 Å². The lowest BCUT2D eigenvalue weighted by Crippen LogP contribution is -2.42. The van der Waals surface area contributed by atoms with Crippen molar-refractivity contribution in [3.8, 4) is 5.69 Å². The summed E-state index contributed by atoms with van der Waals surface area (Å²) in [6.07, 6.45) is 0.982. The maximum Gasteiger partial charge on any atom is 0.214 e. The van der Waals surface area contributed by atoms with E-state index in [1.807, 2.05) is 30.3 Å². The van der Waals surface area contributed by atoms with Gasteiger partial charge in [-0.3, -0.25) is 0 Å². The lowest BCUT2D eigenvalue weighted by Gasteiger charge is -2.37. The monoisotopic (exact) mass is 440 g/mol. The maximum absolute atomic E-state index is 6.58. The highest BCUT2D eigenvalue weighted by molar-refractivity contribution is 7.99. The van der Waals surface area contributed by atoms with Crippen LogP contribution in [0.25, 0.3) is 5.69 Å². The fourth-order valence-corrected chi connectivity index (χ4v) is 4.89. The van der Waals surface area contributed by atoms with Gasteiger partial charge < -0.3 is 4.43 Å². The molecule has 0 bridgehead atoms. The Labute approximate surface area is 185 Å². The summed E-state index contributed by atoms with van der Waals surface area (Å²) in [4.78, 5) is 0. The van der Waals surface area contributed by atoms with E-state index in [0.29, 0.717) is 5.92 Å². The molecule has 0 N–H and O–H groups in total. The molecular formula is C23H32N4OSSi. The standard InChI is InChI=1S/C23H32N4OSSi/c1-23(2,3)30(4,5)28-17-20(16-19-12-8-6-9-13-19)18-29-22-24-25-26-27(22)21-14-10-7-11-15-21/h6-15,20H,16-18H2,1-5H3/t20-/m1/s1. The molecule has 0 fully saturated rings. The zero-order valence-electron chi connectivity index (χ0n) is 18.6. The van der Waals surface area contributed by atoms with Crippen molar-refractivity contribution in [2.45, 2.75) is 50.5 Å². The third-order valence-electron chi connectivity index (χ3n) is 5.74. The molecule has 0 radical (unpaired) electrons. The summed E-state index contributed by atoms with van der Waals surface area (Å²) in [5.74, 6) is 1.28. The number of tetrazole rings is 1. The third kappa shape index (κ3) is 6.03. The van der Waals surface area contributed by atoms with Crippen LogP contribution in [0.15, 0.2) is 65.8 Å². The second kappa shape index (κ2) is 9.90. The Morgan fingerprint density at radius 2 is 1.63 bits per heavy atom. The summed E-state index contributed by atoms with van der Waals surface area (Å²) in [5.41, 5.74) is 2.31. The average molecular weight is 441 g/mol. The molecule has 7 heteroatoms. The first-order chi connectivity index (χ1) is 14.3. The van der Waals surface area contributed by atoms with Gasteiger partial charge in [0.2, 0.25) is 5.16 Å². The molecule has 0 saturated heterocycles. The van der Waals surface area contributed by atoms with Gasteiger partial charge in [-0.1, -0.05) is 81.1 Å². The van der Waals surface area contributed by atoms with Crippen molar-refractivity contribution in [1.82, 2.24) is 20.2 Å². The molecule has 3 aromatic rings. The molecule has 1 atom stereocenters. The predicted molar refractivity (Wildman–Crippen MR) is 127 cm³/mol. The van der Waals surface area contributed by atoms with Gasteiger partial charge in [0.25, 0.3) is 0 Å². The molecule has 1 heterocycles. The zero-order valence-corrected chi connectivity index (χ0v) is 20.4. The second-order valence-corrected chi connectivity index (χ2v) is 14.9. The molecular weight excluding hydrogens is 408 g/mol. The van der Waals surface area contributed by atoms with E-state index in [9.17, 15) is 0 Å². The van der Waals surface area contributed by atoms with Crippen molar-refractivity contribution >= 4 is 20.1 Å². The largest absolute Gasteiger partial charge is 0.417 e. The molecule has 0 spiro atoms. The molecule has 0 unspecified atom stereocenters. The van der Waals surface area contributed by atoms with Gasteiger partial charge in [0.1, 0.15) is 0 Å². The number of aromatic nitrogens is 4. The van der Waals surface area contributed by atoms with Gasteiger partial charge in [-0.05, 0) is 58.6 Å². The quantitative estimate of drug-likeness (QED) is 0.318. The number of thioether (sulfide) groups is 1. The van der Waals surface area contributed by atoms with Crippen molar-refractivity contribution in [3.05, 3.63) is 66.2 Å². The topological polar surface area (TPSA) is 52.8 Å². The van der Waals surface area contributed by atoms with Crippen LogP contribution >= 0.6 is 11.8 Å². The Balaban J connectivity index is 1.71.